The van der Waals surface area contributed by atoms with Crippen LogP contribution in [0.2, 0.25) is 0 Å². The van der Waals surface area contributed by atoms with Gasteiger partial charge in [0.1, 0.15) is 0 Å². The maximum atomic E-state index is 11.5. The van der Waals surface area contributed by atoms with Crippen molar-refractivity contribution in [2.45, 2.75) is 4.29 Å². The summed E-state index contributed by atoms with van der Waals surface area (Å²) in [6, 6.07) is 4.96. The number of benzene rings is 1. The highest BCUT2D eigenvalue weighted by Gasteiger charge is 2.27. The smallest absolute Gasteiger partial charge is 0.179 e. The first kappa shape index (κ1) is 15.0. The molecule has 1 rings (SSSR count). The minimum absolute atomic E-state index is 0.0621. The number of halogens is 6. The largest absolute Gasteiger partial charge is 0.290 e. The summed E-state index contributed by atoms with van der Waals surface area (Å²) in [6.07, 6.45) is 0. The number of hydrogen-bond donors (Lipinski definition) is 0. The Labute approximate surface area is 138 Å². The molecular formula is C8H3Br6O. The van der Waals surface area contributed by atoms with Gasteiger partial charge in [-0.05, 0) is 29.3 Å². The van der Waals surface area contributed by atoms with E-state index >= 15 is 0 Å². The van der Waals surface area contributed by atoms with Crippen molar-refractivity contribution in [3.8, 4) is 5.75 Å². The lowest BCUT2D eigenvalue weighted by atomic mass is 10.1. The molecule has 0 saturated heterocycles. The van der Waals surface area contributed by atoms with Crippen LogP contribution in [0, 0.1) is 0 Å². The summed E-state index contributed by atoms with van der Waals surface area (Å²) in [5, 5.41) is 11.5. The molecule has 0 heterocycles. The Morgan fingerprint density at radius 3 is 1.33 bits per heavy atom. The van der Waals surface area contributed by atoms with E-state index in [0.29, 0.717) is 0 Å². The Morgan fingerprint density at radius 2 is 1.07 bits per heavy atom. The van der Waals surface area contributed by atoms with Gasteiger partial charge < -0.3 is 0 Å². The summed E-state index contributed by atoms with van der Waals surface area (Å²) in [5.41, 5.74) is 1.57. The molecule has 1 aromatic rings. The van der Waals surface area contributed by atoms with Crippen LogP contribution in [0.15, 0.2) is 18.2 Å². The molecule has 0 amide bonds. The van der Waals surface area contributed by atoms with Crippen LogP contribution in [0.25, 0.3) is 0 Å². The molecular weight excluding hydrogens is 592 g/mol. The number of rotatable bonds is 0. The minimum Gasteiger partial charge on any atom is -0.290 e. The van der Waals surface area contributed by atoms with Gasteiger partial charge in [-0.2, -0.15) is 0 Å². The van der Waals surface area contributed by atoms with E-state index < -0.39 is 4.29 Å². The second kappa shape index (κ2) is 5.26. The van der Waals surface area contributed by atoms with E-state index in [1.165, 1.54) is 0 Å². The highest BCUT2D eigenvalue weighted by Crippen LogP contribution is 2.50. The average molecular weight is 595 g/mol. The van der Waals surface area contributed by atoms with Crippen molar-refractivity contribution in [1.82, 2.24) is 0 Å². The van der Waals surface area contributed by atoms with Gasteiger partial charge in [0.25, 0.3) is 0 Å². The maximum Gasteiger partial charge on any atom is 0.179 e. The minimum atomic E-state index is -0.583. The zero-order valence-corrected chi connectivity index (χ0v) is 16.4. The Hall–Kier alpha value is 1.90. The molecule has 0 aliphatic heterocycles. The molecule has 0 fully saturated rings. The van der Waals surface area contributed by atoms with Crippen LogP contribution in [-0.2, 0) is 9.39 Å². The van der Waals surface area contributed by atoms with Crippen LogP contribution in [-0.4, -0.2) is 0 Å². The van der Waals surface area contributed by atoms with Gasteiger partial charge in [0.2, 0.25) is 0 Å². The zero-order chi connectivity index (χ0) is 11.9. The van der Waals surface area contributed by atoms with Crippen LogP contribution in [0.5, 0.6) is 5.75 Å². The Bertz CT molecular complexity index is 332. The van der Waals surface area contributed by atoms with Gasteiger partial charge in [0, 0.05) is 0 Å². The first-order valence-electron chi connectivity index (χ1n) is 3.57. The van der Waals surface area contributed by atoms with Gasteiger partial charge in [-0.3, -0.25) is 5.11 Å². The van der Waals surface area contributed by atoms with E-state index in [9.17, 15) is 5.11 Å². The van der Waals surface area contributed by atoms with Crippen LogP contribution < -0.4 is 0 Å². The van der Waals surface area contributed by atoms with Crippen molar-refractivity contribution in [3.05, 3.63) is 29.3 Å². The van der Waals surface area contributed by atoms with Crippen molar-refractivity contribution < 1.29 is 5.11 Å². The maximum absolute atomic E-state index is 11.5. The topological polar surface area (TPSA) is 19.9 Å². The molecule has 15 heavy (non-hydrogen) atoms. The Morgan fingerprint density at radius 1 is 0.733 bits per heavy atom. The van der Waals surface area contributed by atoms with Crippen LogP contribution in [0.3, 0.4) is 0 Å². The highest BCUT2D eigenvalue weighted by molar-refractivity contribution is 9.39. The van der Waals surface area contributed by atoms with Crippen molar-refractivity contribution in [2.24, 2.45) is 0 Å². The lowest BCUT2D eigenvalue weighted by Gasteiger charge is -2.18. The quantitative estimate of drug-likeness (QED) is 0.309. The lowest BCUT2D eigenvalue weighted by Crippen LogP contribution is -2.03. The molecule has 0 aliphatic carbocycles. The highest BCUT2D eigenvalue weighted by atomic mass is 80.0. The van der Waals surface area contributed by atoms with E-state index in [-0.39, 0.29) is 5.75 Å². The predicted octanol–water partition coefficient (Wildman–Crippen LogP) is 6.42. The standard InChI is InChI=1S/C8H3Br6O/c9-7(10,11)4-1-5(8(12,13)14)3-6(15)2-4/h1-3H. The molecule has 0 atom stereocenters. The third-order valence-corrected chi connectivity index (χ3v) is 4.31. The van der Waals surface area contributed by atoms with Gasteiger partial charge in [-0.15, -0.1) is 0 Å². The Kier molecular flexibility index (Phi) is 5.25. The van der Waals surface area contributed by atoms with Crippen molar-refractivity contribution in [1.29, 1.82) is 0 Å². The third-order valence-electron chi connectivity index (χ3n) is 1.56. The summed E-state index contributed by atoms with van der Waals surface area (Å²) < 4.78 is -1.17. The van der Waals surface area contributed by atoms with E-state index in [1.807, 2.05) is 6.07 Å². The van der Waals surface area contributed by atoms with Crippen LogP contribution in [0.4, 0.5) is 0 Å². The summed E-state index contributed by atoms with van der Waals surface area (Å²) in [7, 11) is 0. The van der Waals surface area contributed by atoms with Gasteiger partial charge in [-0.25, -0.2) is 0 Å². The molecule has 83 valence electrons. The number of hydrogen-bond acceptors (Lipinski definition) is 0. The molecule has 0 spiro atoms. The fourth-order valence-corrected chi connectivity index (χ4v) is 2.30. The second-order valence-electron chi connectivity index (χ2n) is 2.74. The normalized spacial score (nSPS) is 12.9. The molecule has 7 heteroatoms. The van der Waals surface area contributed by atoms with Crippen molar-refractivity contribution in [3.63, 3.8) is 0 Å². The molecule has 0 unspecified atom stereocenters. The summed E-state index contributed by atoms with van der Waals surface area (Å²) in [6.45, 7) is 0. The van der Waals surface area contributed by atoms with Gasteiger partial charge >= 0.3 is 0 Å². The van der Waals surface area contributed by atoms with Gasteiger partial charge in [0.15, 0.2) is 10.0 Å². The zero-order valence-electron chi connectivity index (χ0n) is 6.91. The van der Waals surface area contributed by atoms with E-state index in [1.54, 1.807) is 12.1 Å². The second-order valence-corrected chi connectivity index (χ2v) is 16.3. The monoisotopic (exact) mass is 589 g/mol. The fourth-order valence-electron chi connectivity index (χ4n) is 0.926. The summed E-state index contributed by atoms with van der Waals surface area (Å²) >= 11 is 20.2. The first-order valence-corrected chi connectivity index (χ1v) is 8.33. The molecule has 0 bridgehead atoms. The average Bonchev–Trinajstić information content (AvgIpc) is 1.99. The van der Waals surface area contributed by atoms with Crippen LogP contribution in [0.1, 0.15) is 11.1 Å². The summed E-state index contributed by atoms with van der Waals surface area (Å²) in [4.78, 5) is 0. The molecule has 0 aromatic heterocycles. The predicted molar refractivity (Wildman–Crippen MR) is 83.5 cm³/mol. The van der Waals surface area contributed by atoms with Gasteiger partial charge in [-0.1, -0.05) is 95.6 Å². The molecule has 1 nitrogen and oxygen atoms in total. The Balaban J connectivity index is 3.30. The first-order chi connectivity index (χ1) is 6.60. The SMILES string of the molecule is [O]c1cc(C(Br)(Br)Br)cc(C(Br)(Br)Br)c1. The van der Waals surface area contributed by atoms with Crippen LogP contribution >= 0.6 is 95.6 Å². The molecule has 0 saturated carbocycles. The summed E-state index contributed by atoms with van der Waals surface area (Å²) in [5.74, 6) is -0.0621. The van der Waals surface area contributed by atoms with E-state index in [2.05, 4.69) is 95.6 Å². The molecule has 1 aromatic carbocycles. The molecule has 1 radical (unpaired) electrons. The molecule has 0 N–H and O–H groups in total. The molecule has 0 aliphatic rings. The lowest BCUT2D eigenvalue weighted by molar-refractivity contribution is 0.354. The fraction of sp³-hybridized carbons (Fsp3) is 0.250. The van der Waals surface area contributed by atoms with E-state index in [4.69, 9.17) is 0 Å². The van der Waals surface area contributed by atoms with Gasteiger partial charge in [0.05, 0.1) is 0 Å². The number of alkyl halides is 6. The van der Waals surface area contributed by atoms with E-state index in [0.717, 1.165) is 11.1 Å². The van der Waals surface area contributed by atoms with Crippen molar-refractivity contribution >= 4 is 95.6 Å². The van der Waals surface area contributed by atoms with Crippen molar-refractivity contribution in [2.75, 3.05) is 0 Å². The third kappa shape index (κ3) is 4.58.